The third-order valence-electron chi connectivity index (χ3n) is 4.68. The summed E-state index contributed by atoms with van der Waals surface area (Å²) in [5, 5.41) is 3.88. The van der Waals surface area contributed by atoms with Crippen LogP contribution >= 0.6 is 0 Å². The van der Waals surface area contributed by atoms with Crippen LogP contribution in [0, 0.1) is 11.3 Å². The Morgan fingerprint density at radius 3 is 2.56 bits per heavy atom. The SMILES string of the molecule is CCCCCCC(C)NC1CCC(C)(C)CC1C. The van der Waals surface area contributed by atoms with E-state index in [9.17, 15) is 0 Å². The van der Waals surface area contributed by atoms with E-state index in [0.717, 1.165) is 12.0 Å². The maximum absolute atomic E-state index is 3.88. The van der Waals surface area contributed by atoms with Crippen molar-refractivity contribution < 1.29 is 0 Å². The van der Waals surface area contributed by atoms with Gasteiger partial charge in [0.2, 0.25) is 0 Å². The van der Waals surface area contributed by atoms with Crippen molar-refractivity contribution in [1.29, 1.82) is 0 Å². The van der Waals surface area contributed by atoms with Crippen LogP contribution in [0.3, 0.4) is 0 Å². The van der Waals surface area contributed by atoms with Gasteiger partial charge in [-0.25, -0.2) is 0 Å². The Morgan fingerprint density at radius 1 is 1.22 bits per heavy atom. The van der Waals surface area contributed by atoms with E-state index in [-0.39, 0.29) is 0 Å². The van der Waals surface area contributed by atoms with Crippen molar-refractivity contribution in [2.75, 3.05) is 0 Å². The number of hydrogen-bond acceptors (Lipinski definition) is 1. The summed E-state index contributed by atoms with van der Waals surface area (Å²) in [6.07, 6.45) is 11.0. The fourth-order valence-electron chi connectivity index (χ4n) is 3.52. The molecule has 0 amide bonds. The molecule has 1 aliphatic rings. The Hall–Kier alpha value is -0.0400. The van der Waals surface area contributed by atoms with Crippen LogP contribution in [-0.4, -0.2) is 12.1 Å². The fraction of sp³-hybridized carbons (Fsp3) is 1.00. The number of nitrogens with one attached hydrogen (secondary N) is 1. The van der Waals surface area contributed by atoms with Crippen molar-refractivity contribution in [2.45, 2.75) is 98.1 Å². The molecule has 0 aromatic rings. The molecule has 1 nitrogen and oxygen atoms in total. The molecule has 1 rings (SSSR count). The first-order valence-corrected chi connectivity index (χ1v) is 8.20. The molecule has 1 fully saturated rings. The first-order valence-electron chi connectivity index (χ1n) is 8.20. The van der Waals surface area contributed by atoms with E-state index >= 15 is 0 Å². The number of hydrogen-bond donors (Lipinski definition) is 1. The van der Waals surface area contributed by atoms with Crippen molar-refractivity contribution in [3.8, 4) is 0 Å². The second-order valence-electron chi connectivity index (χ2n) is 7.41. The Labute approximate surface area is 115 Å². The second-order valence-corrected chi connectivity index (χ2v) is 7.41. The summed E-state index contributed by atoms with van der Waals surface area (Å²) in [4.78, 5) is 0. The van der Waals surface area contributed by atoms with Crippen molar-refractivity contribution in [3.05, 3.63) is 0 Å². The first kappa shape index (κ1) is 16.0. The molecule has 0 aliphatic heterocycles. The monoisotopic (exact) mass is 253 g/mol. The molecule has 3 atom stereocenters. The summed E-state index contributed by atoms with van der Waals surface area (Å²) < 4.78 is 0. The maximum atomic E-state index is 3.88. The van der Waals surface area contributed by atoms with Crippen LogP contribution in [-0.2, 0) is 0 Å². The summed E-state index contributed by atoms with van der Waals surface area (Å²) in [5.74, 6) is 0.840. The molecule has 0 spiro atoms. The largest absolute Gasteiger partial charge is 0.311 e. The van der Waals surface area contributed by atoms with Gasteiger partial charge in [-0.3, -0.25) is 0 Å². The zero-order valence-electron chi connectivity index (χ0n) is 13.4. The molecule has 108 valence electrons. The number of unbranched alkanes of at least 4 members (excludes halogenated alkanes) is 3. The third-order valence-corrected chi connectivity index (χ3v) is 4.68. The quantitative estimate of drug-likeness (QED) is 0.619. The smallest absolute Gasteiger partial charge is 0.00955 e. The lowest BCUT2D eigenvalue weighted by Crippen LogP contribution is -2.45. The highest BCUT2D eigenvalue weighted by Crippen LogP contribution is 2.38. The molecule has 18 heavy (non-hydrogen) atoms. The van der Waals surface area contributed by atoms with Gasteiger partial charge in [0.15, 0.2) is 0 Å². The van der Waals surface area contributed by atoms with Gasteiger partial charge in [0.05, 0.1) is 0 Å². The second kappa shape index (κ2) is 7.53. The van der Waals surface area contributed by atoms with Crippen molar-refractivity contribution >= 4 is 0 Å². The van der Waals surface area contributed by atoms with Gasteiger partial charge in [0.25, 0.3) is 0 Å². The van der Waals surface area contributed by atoms with E-state index in [1.807, 2.05) is 0 Å². The van der Waals surface area contributed by atoms with E-state index in [2.05, 4.69) is 39.9 Å². The van der Waals surface area contributed by atoms with Crippen LogP contribution in [0.5, 0.6) is 0 Å². The molecule has 1 heteroatoms. The molecular weight excluding hydrogens is 218 g/mol. The summed E-state index contributed by atoms with van der Waals surface area (Å²) in [5.41, 5.74) is 0.571. The van der Waals surface area contributed by atoms with Gasteiger partial charge in [-0.05, 0) is 43.9 Å². The standard InChI is InChI=1S/C17H35N/c1-6-7-8-9-10-15(3)18-16-11-12-17(4,5)13-14(16)2/h14-16,18H,6-13H2,1-5H3. The molecular formula is C17H35N. The van der Waals surface area contributed by atoms with Gasteiger partial charge in [-0.15, -0.1) is 0 Å². The Balaban J connectivity index is 2.21. The predicted molar refractivity (Wildman–Crippen MR) is 81.9 cm³/mol. The van der Waals surface area contributed by atoms with E-state index in [1.54, 1.807) is 0 Å². The van der Waals surface area contributed by atoms with E-state index in [1.165, 1.54) is 51.4 Å². The number of rotatable bonds is 7. The molecule has 0 radical (unpaired) electrons. The lowest BCUT2D eigenvalue weighted by Gasteiger charge is -2.40. The van der Waals surface area contributed by atoms with Crippen LogP contribution in [0.1, 0.15) is 86.0 Å². The Bertz CT molecular complexity index is 222. The Morgan fingerprint density at radius 2 is 1.94 bits per heavy atom. The summed E-state index contributed by atoms with van der Waals surface area (Å²) in [7, 11) is 0. The zero-order chi connectivity index (χ0) is 13.6. The minimum absolute atomic E-state index is 0.571. The van der Waals surface area contributed by atoms with E-state index < -0.39 is 0 Å². The maximum Gasteiger partial charge on any atom is 0.00955 e. The topological polar surface area (TPSA) is 12.0 Å². The van der Waals surface area contributed by atoms with Crippen LogP contribution in [0.2, 0.25) is 0 Å². The van der Waals surface area contributed by atoms with Gasteiger partial charge in [0, 0.05) is 12.1 Å². The van der Waals surface area contributed by atoms with Crippen molar-refractivity contribution in [3.63, 3.8) is 0 Å². The van der Waals surface area contributed by atoms with Gasteiger partial charge in [-0.2, -0.15) is 0 Å². The fourth-order valence-corrected chi connectivity index (χ4v) is 3.52. The summed E-state index contributed by atoms with van der Waals surface area (Å²) in [6, 6.07) is 1.47. The van der Waals surface area contributed by atoms with Gasteiger partial charge in [-0.1, -0.05) is 53.4 Å². The highest BCUT2D eigenvalue weighted by Gasteiger charge is 2.32. The van der Waals surface area contributed by atoms with E-state index in [4.69, 9.17) is 0 Å². The van der Waals surface area contributed by atoms with Gasteiger partial charge < -0.3 is 5.32 Å². The average molecular weight is 253 g/mol. The molecule has 0 aromatic carbocycles. The highest BCUT2D eigenvalue weighted by atomic mass is 15.0. The first-order chi connectivity index (χ1) is 8.44. The molecule has 0 bridgehead atoms. The zero-order valence-corrected chi connectivity index (χ0v) is 13.4. The minimum Gasteiger partial charge on any atom is -0.311 e. The normalized spacial score (nSPS) is 29.2. The van der Waals surface area contributed by atoms with Crippen molar-refractivity contribution in [2.24, 2.45) is 11.3 Å². The molecule has 1 N–H and O–H groups in total. The van der Waals surface area contributed by atoms with Crippen LogP contribution in [0.25, 0.3) is 0 Å². The lowest BCUT2D eigenvalue weighted by atomic mass is 9.70. The average Bonchev–Trinajstić information content (AvgIpc) is 2.28. The van der Waals surface area contributed by atoms with Crippen LogP contribution in [0.4, 0.5) is 0 Å². The predicted octanol–water partition coefficient (Wildman–Crippen LogP) is 5.15. The summed E-state index contributed by atoms with van der Waals surface area (Å²) in [6.45, 7) is 11.9. The lowest BCUT2D eigenvalue weighted by molar-refractivity contribution is 0.141. The molecule has 0 saturated heterocycles. The van der Waals surface area contributed by atoms with Gasteiger partial charge >= 0.3 is 0 Å². The molecule has 3 unspecified atom stereocenters. The highest BCUT2D eigenvalue weighted by molar-refractivity contribution is 4.87. The molecule has 1 aliphatic carbocycles. The van der Waals surface area contributed by atoms with Crippen LogP contribution < -0.4 is 5.32 Å². The van der Waals surface area contributed by atoms with E-state index in [0.29, 0.717) is 11.5 Å². The van der Waals surface area contributed by atoms with Crippen LogP contribution in [0.15, 0.2) is 0 Å². The molecule has 1 saturated carbocycles. The van der Waals surface area contributed by atoms with Crippen molar-refractivity contribution in [1.82, 2.24) is 5.32 Å². The van der Waals surface area contributed by atoms with Gasteiger partial charge in [0.1, 0.15) is 0 Å². The minimum atomic E-state index is 0.571. The molecule has 0 heterocycles. The third kappa shape index (κ3) is 5.73. The summed E-state index contributed by atoms with van der Waals surface area (Å²) >= 11 is 0. The Kier molecular flexibility index (Phi) is 6.70. The molecule has 0 aromatic heterocycles.